The first-order chi connectivity index (χ1) is 9.24. The zero-order chi connectivity index (χ0) is 13.7. The first-order valence-corrected chi connectivity index (χ1v) is 8.36. The van der Waals surface area contributed by atoms with E-state index in [-0.39, 0.29) is 5.54 Å². The van der Waals surface area contributed by atoms with Crippen molar-refractivity contribution in [1.82, 2.24) is 10.2 Å². The van der Waals surface area contributed by atoms with Gasteiger partial charge < -0.3 is 10.4 Å². The Morgan fingerprint density at radius 2 is 2.11 bits per heavy atom. The van der Waals surface area contributed by atoms with Crippen LogP contribution in [-0.2, 0) is 0 Å². The van der Waals surface area contributed by atoms with Crippen molar-refractivity contribution in [3.05, 3.63) is 0 Å². The molecule has 2 aliphatic rings. The van der Waals surface area contributed by atoms with Gasteiger partial charge in [0.1, 0.15) is 0 Å². The van der Waals surface area contributed by atoms with Crippen LogP contribution in [0.4, 0.5) is 0 Å². The molecule has 2 N–H and O–H groups in total. The number of aliphatic hydroxyl groups is 1. The SMILES string of the molecule is CCCNC1(CO)CCCC(N2CCCC2CC)C1. The van der Waals surface area contributed by atoms with Crippen molar-refractivity contribution >= 4 is 0 Å². The Morgan fingerprint density at radius 1 is 1.26 bits per heavy atom. The van der Waals surface area contributed by atoms with Crippen LogP contribution in [0.1, 0.15) is 65.2 Å². The summed E-state index contributed by atoms with van der Waals surface area (Å²) in [6.45, 7) is 7.13. The van der Waals surface area contributed by atoms with Crippen molar-refractivity contribution in [3.8, 4) is 0 Å². The Kier molecular flexibility index (Phi) is 5.67. The number of rotatable bonds is 6. The second-order valence-electron chi connectivity index (χ2n) is 6.56. The molecule has 112 valence electrons. The predicted octanol–water partition coefficient (Wildman–Crippen LogP) is 2.53. The van der Waals surface area contributed by atoms with Gasteiger partial charge in [0.15, 0.2) is 0 Å². The Labute approximate surface area is 118 Å². The molecule has 3 unspecified atom stereocenters. The van der Waals surface area contributed by atoms with E-state index < -0.39 is 0 Å². The molecule has 0 spiro atoms. The van der Waals surface area contributed by atoms with Gasteiger partial charge in [0.05, 0.1) is 6.61 Å². The van der Waals surface area contributed by atoms with Gasteiger partial charge in [-0.15, -0.1) is 0 Å². The van der Waals surface area contributed by atoms with Crippen LogP contribution in [0, 0.1) is 0 Å². The van der Waals surface area contributed by atoms with Gasteiger partial charge >= 0.3 is 0 Å². The minimum atomic E-state index is -0.000190. The summed E-state index contributed by atoms with van der Waals surface area (Å²) in [5.41, 5.74) is -0.000190. The number of nitrogens with zero attached hydrogens (tertiary/aromatic N) is 1. The fraction of sp³-hybridized carbons (Fsp3) is 1.00. The summed E-state index contributed by atoms with van der Waals surface area (Å²) in [5, 5.41) is 13.5. The Hall–Kier alpha value is -0.120. The molecule has 3 heteroatoms. The molecule has 0 bridgehead atoms. The molecule has 3 nitrogen and oxygen atoms in total. The molecular formula is C16H32N2O. The lowest BCUT2D eigenvalue weighted by Gasteiger charge is -2.45. The monoisotopic (exact) mass is 268 g/mol. The molecule has 1 saturated carbocycles. The van der Waals surface area contributed by atoms with Crippen LogP contribution in [0.2, 0.25) is 0 Å². The van der Waals surface area contributed by atoms with Crippen LogP contribution in [-0.4, -0.2) is 47.3 Å². The predicted molar refractivity (Wildman–Crippen MR) is 80.4 cm³/mol. The molecule has 1 aliphatic carbocycles. The van der Waals surface area contributed by atoms with E-state index in [0.717, 1.165) is 31.8 Å². The second-order valence-corrected chi connectivity index (χ2v) is 6.56. The highest BCUT2D eigenvalue weighted by atomic mass is 16.3. The lowest BCUT2D eigenvalue weighted by molar-refractivity contribution is 0.0530. The van der Waals surface area contributed by atoms with Crippen LogP contribution < -0.4 is 5.32 Å². The van der Waals surface area contributed by atoms with E-state index in [4.69, 9.17) is 0 Å². The minimum Gasteiger partial charge on any atom is -0.394 e. The van der Waals surface area contributed by atoms with Crippen LogP contribution in [0.25, 0.3) is 0 Å². The van der Waals surface area contributed by atoms with Crippen molar-refractivity contribution in [3.63, 3.8) is 0 Å². The molecule has 1 heterocycles. The summed E-state index contributed by atoms with van der Waals surface area (Å²) in [4.78, 5) is 2.75. The normalized spacial score (nSPS) is 36.8. The molecule has 19 heavy (non-hydrogen) atoms. The van der Waals surface area contributed by atoms with Crippen molar-refractivity contribution < 1.29 is 5.11 Å². The van der Waals surface area contributed by atoms with Gasteiger partial charge in [-0.25, -0.2) is 0 Å². The highest BCUT2D eigenvalue weighted by molar-refractivity contribution is 4.98. The molecule has 1 aliphatic heterocycles. The van der Waals surface area contributed by atoms with Crippen molar-refractivity contribution in [1.29, 1.82) is 0 Å². The summed E-state index contributed by atoms with van der Waals surface area (Å²) in [5.74, 6) is 0. The fourth-order valence-corrected chi connectivity index (χ4v) is 4.14. The number of hydrogen-bond acceptors (Lipinski definition) is 3. The summed E-state index contributed by atoms with van der Waals surface area (Å²) in [6.07, 6.45) is 10.0. The molecule has 2 rings (SSSR count). The van der Waals surface area contributed by atoms with Gasteiger partial charge in [0, 0.05) is 17.6 Å². The first-order valence-electron chi connectivity index (χ1n) is 8.36. The standard InChI is InChI=1S/C16H32N2O/c1-3-10-17-16(13-19)9-5-7-15(12-16)18-11-6-8-14(18)4-2/h14-15,17,19H,3-13H2,1-2H3. The lowest BCUT2D eigenvalue weighted by atomic mass is 9.78. The van der Waals surface area contributed by atoms with Gasteiger partial charge in [0.25, 0.3) is 0 Å². The van der Waals surface area contributed by atoms with Gasteiger partial charge in [-0.3, -0.25) is 4.90 Å². The van der Waals surface area contributed by atoms with E-state index in [2.05, 4.69) is 24.1 Å². The molecule has 2 fully saturated rings. The first kappa shape index (κ1) is 15.3. The number of likely N-dealkylation sites (tertiary alicyclic amines) is 1. The molecule has 0 aromatic carbocycles. The third-order valence-electron chi connectivity index (χ3n) is 5.23. The molecule has 1 saturated heterocycles. The highest BCUT2D eigenvalue weighted by Crippen LogP contribution is 2.35. The number of nitrogens with one attached hydrogen (secondary N) is 1. The van der Waals surface area contributed by atoms with Crippen molar-refractivity contribution in [2.24, 2.45) is 0 Å². The summed E-state index contributed by atoms with van der Waals surface area (Å²) < 4.78 is 0. The summed E-state index contributed by atoms with van der Waals surface area (Å²) in [7, 11) is 0. The lowest BCUT2D eigenvalue weighted by Crippen LogP contribution is -2.56. The molecule has 0 aromatic rings. The van der Waals surface area contributed by atoms with Crippen LogP contribution in [0.15, 0.2) is 0 Å². The van der Waals surface area contributed by atoms with Crippen molar-refractivity contribution in [2.75, 3.05) is 19.7 Å². The number of aliphatic hydroxyl groups excluding tert-OH is 1. The second kappa shape index (κ2) is 7.05. The minimum absolute atomic E-state index is 0.000190. The van der Waals surface area contributed by atoms with E-state index in [1.54, 1.807) is 0 Å². The van der Waals surface area contributed by atoms with Gasteiger partial charge in [0.2, 0.25) is 0 Å². The molecular weight excluding hydrogens is 236 g/mol. The quantitative estimate of drug-likeness (QED) is 0.777. The number of hydrogen-bond donors (Lipinski definition) is 2. The maximum absolute atomic E-state index is 9.87. The van der Waals surface area contributed by atoms with Gasteiger partial charge in [-0.05, 0) is 64.5 Å². The maximum Gasteiger partial charge on any atom is 0.0613 e. The van der Waals surface area contributed by atoms with Gasteiger partial charge in [-0.2, -0.15) is 0 Å². The maximum atomic E-state index is 9.87. The molecule has 0 radical (unpaired) electrons. The van der Waals surface area contributed by atoms with E-state index in [9.17, 15) is 5.11 Å². The Bertz CT molecular complexity index is 271. The Morgan fingerprint density at radius 3 is 2.79 bits per heavy atom. The van der Waals surface area contributed by atoms with Crippen LogP contribution >= 0.6 is 0 Å². The fourth-order valence-electron chi connectivity index (χ4n) is 4.14. The van der Waals surface area contributed by atoms with E-state index in [1.807, 2.05) is 0 Å². The van der Waals surface area contributed by atoms with Crippen LogP contribution in [0.5, 0.6) is 0 Å². The average Bonchev–Trinajstić information content (AvgIpc) is 2.94. The largest absolute Gasteiger partial charge is 0.394 e. The summed E-state index contributed by atoms with van der Waals surface area (Å²) >= 11 is 0. The highest BCUT2D eigenvalue weighted by Gasteiger charge is 2.39. The topological polar surface area (TPSA) is 35.5 Å². The molecule has 0 amide bonds. The molecule has 0 aromatic heterocycles. The van der Waals surface area contributed by atoms with Gasteiger partial charge in [-0.1, -0.05) is 13.8 Å². The third kappa shape index (κ3) is 3.50. The van der Waals surface area contributed by atoms with Crippen molar-refractivity contribution in [2.45, 2.75) is 82.8 Å². The van der Waals surface area contributed by atoms with E-state index >= 15 is 0 Å². The van der Waals surface area contributed by atoms with E-state index in [0.29, 0.717) is 12.6 Å². The average molecular weight is 268 g/mol. The van der Waals surface area contributed by atoms with Crippen LogP contribution in [0.3, 0.4) is 0 Å². The Balaban J connectivity index is 1.98. The third-order valence-corrected chi connectivity index (χ3v) is 5.23. The van der Waals surface area contributed by atoms with E-state index in [1.165, 1.54) is 38.6 Å². The zero-order valence-corrected chi connectivity index (χ0v) is 12.8. The summed E-state index contributed by atoms with van der Waals surface area (Å²) in [6, 6.07) is 1.49. The molecule has 3 atom stereocenters. The smallest absolute Gasteiger partial charge is 0.0613 e. The zero-order valence-electron chi connectivity index (χ0n) is 12.8.